The Labute approximate surface area is 117 Å². The Morgan fingerprint density at radius 2 is 1.95 bits per heavy atom. The lowest BCUT2D eigenvalue weighted by atomic mass is 10.0. The smallest absolute Gasteiger partial charge is 0.119 e. The molecular weight excluding hydrogens is 234 g/mol. The van der Waals surface area contributed by atoms with Gasteiger partial charge in [0.1, 0.15) is 5.75 Å². The van der Waals surface area contributed by atoms with E-state index in [0.29, 0.717) is 6.10 Å². The third-order valence-electron chi connectivity index (χ3n) is 4.03. The van der Waals surface area contributed by atoms with Gasteiger partial charge < -0.3 is 10.5 Å². The lowest BCUT2D eigenvalue weighted by Crippen LogP contribution is -2.21. The van der Waals surface area contributed by atoms with Gasteiger partial charge in [-0.3, -0.25) is 0 Å². The Kier molecular flexibility index (Phi) is 5.71. The summed E-state index contributed by atoms with van der Waals surface area (Å²) < 4.78 is 6.15. The minimum atomic E-state index is 0.258. The average Bonchev–Trinajstić information content (AvgIpc) is 2.67. The van der Waals surface area contributed by atoms with Crippen LogP contribution in [0.5, 0.6) is 5.75 Å². The van der Waals surface area contributed by atoms with Crippen molar-refractivity contribution < 1.29 is 4.74 Å². The van der Waals surface area contributed by atoms with Gasteiger partial charge in [-0.2, -0.15) is 0 Å². The molecule has 0 heterocycles. The highest BCUT2D eigenvalue weighted by Gasteiger charge is 2.13. The van der Waals surface area contributed by atoms with Crippen molar-refractivity contribution in [1.29, 1.82) is 0 Å². The number of nitrogens with two attached hydrogens (primary N) is 1. The summed E-state index contributed by atoms with van der Waals surface area (Å²) in [6.07, 6.45) is 10.1. The van der Waals surface area contributed by atoms with Crippen LogP contribution in [0.25, 0.3) is 0 Å². The molecule has 1 aliphatic carbocycles. The number of hydrogen-bond donors (Lipinski definition) is 1. The Balaban J connectivity index is 1.93. The van der Waals surface area contributed by atoms with Crippen molar-refractivity contribution in [2.75, 3.05) is 0 Å². The molecule has 0 radical (unpaired) electrons. The molecule has 0 aromatic heterocycles. The second kappa shape index (κ2) is 7.54. The number of benzene rings is 1. The maximum Gasteiger partial charge on any atom is 0.119 e. The van der Waals surface area contributed by atoms with E-state index in [-0.39, 0.29) is 6.04 Å². The summed E-state index contributed by atoms with van der Waals surface area (Å²) in [7, 11) is 0. The Bertz CT molecular complexity index is 369. The van der Waals surface area contributed by atoms with Crippen molar-refractivity contribution in [1.82, 2.24) is 0 Å². The van der Waals surface area contributed by atoms with Crippen LogP contribution in [0.1, 0.15) is 57.4 Å². The van der Waals surface area contributed by atoms with Crippen molar-refractivity contribution in [3.8, 4) is 5.75 Å². The van der Waals surface area contributed by atoms with E-state index in [4.69, 9.17) is 10.5 Å². The van der Waals surface area contributed by atoms with Crippen molar-refractivity contribution in [2.45, 2.75) is 70.4 Å². The summed E-state index contributed by atoms with van der Waals surface area (Å²) in [5, 5.41) is 0. The normalized spacial score (nSPS) is 18.8. The van der Waals surface area contributed by atoms with Crippen LogP contribution in [0.3, 0.4) is 0 Å². The molecule has 1 aromatic carbocycles. The maximum absolute atomic E-state index is 6.15. The lowest BCUT2D eigenvalue weighted by molar-refractivity contribution is 0.183. The average molecular weight is 261 g/mol. The molecule has 1 unspecified atom stereocenters. The molecule has 1 atom stereocenters. The zero-order chi connectivity index (χ0) is 13.5. The van der Waals surface area contributed by atoms with Crippen molar-refractivity contribution in [3.63, 3.8) is 0 Å². The third-order valence-corrected chi connectivity index (χ3v) is 4.03. The van der Waals surface area contributed by atoms with E-state index in [1.54, 1.807) is 0 Å². The fourth-order valence-electron chi connectivity index (χ4n) is 2.75. The van der Waals surface area contributed by atoms with Crippen LogP contribution in [0.2, 0.25) is 0 Å². The van der Waals surface area contributed by atoms with Gasteiger partial charge >= 0.3 is 0 Å². The van der Waals surface area contributed by atoms with E-state index in [1.165, 1.54) is 44.1 Å². The standard InChI is InChI=1S/C17H27NO/c1-2-15(18)12-14-8-7-11-17(13-14)19-16-9-5-3-4-6-10-16/h7-8,11,13,15-16H,2-6,9-10,12,18H2,1H3. The highest BCUT2D eigenvalue weighted by molar-refractivity contribution is 5.29. The van der Waals surface area contributed by atoms with Crippen molar-refractivity contribution in [2.24, 2.45) is 5.73 Å². The van der Waals surface area contributed by atoms with Crippen LogP contribution < -0.4 is 10.5 Å². The number of hydrogen-bond acceptors (Lipinski definition) is 2. The topological polar surface area (TPSA) is 35.2 Å². The number of ether oxygens (including phenoxy) is 1. The van der Waals surface area contributed by atoms with E-state index in [9.17, 15) is 0 Å². The highest BCUT2D eigenvalue weighted by Crippen LogP contribution is 2.23. The molecule has 2 nitrogen and oxygen atoms in total. The van der Waals surface area contributed by atoms with E-state index < -0.39 is 0 Å². The summed E-state index contributed by atoms with van der Waals surface area (Å²) in [6.45, 7) is 2.14. The summed E-state index contributed by atoms with van der Waals surface area (Å²) >= 11 is 0. The molecule has 19 heavy (non-hydrogen) atoms. The molecular formula is C17H27NO. The minimum absolute atomic E-state index is 0.258. The van der Waals surface area contributed by atoms with Gasteiger partial charge in [0.2, 0.25) is 0 Å². The first-order valence-corrected chi connectivity index (χ1v) is 7.79. The molecule has 2 rings (SSSR count). The largest absolute Gasteiger partial charge is 0.490 e. The van der Waals surface area contributed by atoms with E-state index in [1.807, 2.05) is 0 Å². The summed E-state index contributed by atoms with van der Waals surface area (Å²) in [6, 6.07) is 8.74. The zero-order valence-electron chi connectivity index (χ0n) is 12.1. The SMILES string of the molecule is CCC(N)Cc1cccc(OC2CCCCCC2)c1. The van der Waals surface area contributed by atoms with Gasteiger partial charge in [-0.05, 0) is 56.2 Å². The minimum Gasteiger partial charge on any atom is -0.490 e. The van der Waals surface area contributed by atoms with Crippen molar-refractivity contribution >= 4 is 0 Å². The van der Waals surface area contributed by atoms with Crippen LogP contribution in [-0.4, -0.2) is 12.1 Å². The molecule has 0 bridgehead atoms. The lowest BCUT2D eigenvalue weighted by Gasteiger charge is -2.18. The van der Waals surface area contributed by atoms with E-state index >= 15 is 0 Å². The zero-order valence-corrected chi connectivity index (χ0v) is 12.1. The van der Waals surface area contributed by atoms with Gasteiger partial charge in [-0.25, -0.2) is 0 Å². The van der Waals surface area contributed by atoms with E-state index in [2.05, 4.69) is 31.2 Å². The van der Waals surface area contributed by atoms with Crippen LogP contribution in [-0.2, 0) is 6.42 Å². The molecule has 1 aromatic rings. The number of rotatable bonds is 5. The molecule has 0 saturated heterocycles. The first-order valence-electron chi connectivity index (χ1n) is 7.79. The third kappa shape index (κ3) is 4.87. The predicted molar refractivity (Wildman–Crippen MR) is 80.5 cm³/mol. The van der Waals surface area contributed by atoms with Crippen LogP contribution in [0, 0.1) is 0 Å². The molecule has 1 saturated carbocycles. The summed E-state index contributed by atoms with van der Waals surface area (Å²) in [4.78, 5) is 0. The summed E-state index contributed by atoms with van der Waals surface area (Å²) in [5.41, 5.74) is 7.31. The Morgan fingerprint density at radius 3 is 2.63 bits per heavy atom. The molecule has 0 amide bonds. The first kappa shape index (κ1) is 14.4. The van der Waals surface area contributed by atoms with E-state index in [0.717, 1.165) is 18.6 Å². The monoisotopic (exact) mass is 261 g/mol. The second-order valence-electron chi connectivity index (χ2n) is 5.75. The Morgan fingerprint density at radius 1 is 1.21 bits per heavy atom. The Hall–Kier alpha value is -1.02. The molecule has 2 N–H and O–H groups in total. The first-order chi connectivity index (χ1) is 9.28. The summed E-state index contributed by atoms with van der Waals surface area (Å²) in [5.74, 6) is 1.02. The van der Waals surface area contributed by atoms with Crippen LogP contribution in [0.4, 0.5) is 0 Å². The molecule has 1 aliphatic rings. The fraction of sp³-hybridized carbons (Fsp3) is 0.647. The molecule has 2 heteroatoms. The molecule has 1 fully saturated rings. The van der Waals surface area contributed by atoms with Gasteiger partial charge in [0, 0.05) is 6.04 Å². The van der Waals surface area contributed by atoms with Gasteiger partial charge in [0.15, 0.2) is 0 Å². The van der Waals surface area contributed by atoms with Crippen LogP contribution in [0.15, 0.2) is 24.3 Å². The predicted octanol–water partition coefficient (Wildman–Crippen LogP) is 4.07. The molecule has 106 valence electrons. The quantitative estimate of drug-likeness (QED) is 0.811. The second-order valence-corrected chi connectivity index (χ2v) is 5.75. The van der Waals surface area contributed by atoms with Gasteiger partial charge in [-0.15, -0.1) is 0 Å². The molecule has 0 spiro atoms. The maximum atomic E-state index is 6.15. The van der Waals surface area contributed by atoms with Gasteiger partial charge in [0.05, 0.1) is 6.10 Å². The van der Waals surface area contributed by atoms with Crippen molar-refractivity contribution in [3.05, 3.63) is 29.8 Å². The highest BCUT2D eigenvalue weighted by atomic mass is 16.5. The molecule has 0 aliphatic heterocycles. The fourth-order valence-corrected chi connectivity index (χ4v) is 2.75. The van der Waals surface area contributed by atoms with Gasteiger partial charge in [0.25, 0.3) is 0 Å². The van der Waals surface area contributed by atoms with Crippen LogP contribution >= 0.6 is 0 Å². The van der Waals surface area contributed by atoms with Gasteiger partial charge in [-0.1, -0.05) is 31.9 Å².